The molecule has 2 N–H and O–H groups in total. The predicted octanol–water partition coefficient (Wildman–Crippen LogP) is 4.45. The molecule has 250 valence electrons. The molecule has 1 aliphatic rings. The lowest BCUT2D eigenvalue weighted by Gasteiger charge is -2.37. The summed E-state index contributed by atoms with van der Waals surface area (Å²) in [6.07, 6.45) is 4.83. The monoisotopic (exact) mass is 664 g/mol. The van der Waals surface area contributed by atoms with Gasteiger partial charge < -0.3 is 19.7 Å². The maximum Gasteiger partial charge on any atom is 0.421 e. The first-order chi connectivity index (χ1) is 22.6. The number of methoxy groups -OCH3 is 1. The number of benzene rings is 2. The third kappa shape index (κ3) is 8.15. The molecule has 1 saturated heterocycles. The first-order valence-corrected chi connectivity index (χ1v) is 17.0. The molecule has 1 aliphatic heterocycles. The van der Waals surface area contributed by atoms with Crippen molar-refractivity contribution >= 4 is 33.9 Å². The Hall–Kier alpha value is -4.78. The van der Waals surface area contributed by atoms with Gasteiger partial charge in [-0.15, -0.1) is 0 Å². The molecule has 4 rings (SSSR count). The summed E-state index contributed by atoms with van der Waals surface area (Å²) in [5.74, 6) is -2.08. The van der Waals surface area contributed by atoms with Crippen LogP contribution >= 0.6 is 0 Å². The molecule has 0 unspecified atom stereocenters. The fourth-order valence-corrected chi connectivity index (χ4v) is 6.70. The van der Waals surface area contributed by atoms with Crippen molar-refractivity contribution in [3.63, 3.8) is 0 Å². The number of ether oxygens (including phenoxy) is 2. The lowest BCUT2D eigenvalue weighted by Crippen LogP contribution is -2.65. The summed E-state index contributed by atoms with van der Waals surface area (Å²) in [5, 5.41) is 2.87. The second-order valence-electron chi connectivity index (χ2n) is 11.2. The fourth-order valence-electron chi connectivity index (χ4n) is 5.58. The number of hydrogen-bond donors (Lipinski definition) is 2. The number of nitrogens with zero attached hydrogens (tertiary/aromatic N) is 2. The van der Waals surface area contributed by atoms with Gasteiger partial charge in [0.2, 0.25) is 11.6 Å². The zero-order chi connectivity index (χ0) is 34.0. The summed E-state index contributed by atoms with van der Waals surface area (Å²) in [6, 6.07) is 16.5. The van der Waals surface area contributed by atoms with Crippen molar-refractivity contribution in [2.45, 2.75) is 62.9 Å². The minimum atomic E-state index is -4.22. The normalized spacial score (nSPS) is 16.6. The SMILES string of the molecule is CCCCOC(=O)NS(=O)(=O)c1ccccc1-c1ccc(C[C@H](CC)C(=O)N[C@@]2(C(=O)OC)CCCN2C(=O)c2ccncc2)cc1. The first kappa shape index (κ1) is 35.1. The quantitative estimate of drug-likeness (QED) is 0.199. The van der Waals surface area contributed by atoms with Crippen LogP contribution < -0.4 is 10.0 Å². The lowest BCUT2D eigenvalue weighted by atomic mass is 9.93. The van der Waals surface area contributed by atoms with Gasteiger partial charge in [0.15, 0.2) is 0 Å². The Morgan fingerprint density at radius 3 is 2.36 bits per heavy atom. The van der Waals surface area contributed by atoms with Crippen molar-refractivity contribution in [1.29, 1.82) is 0 Å². The third-order valence-corrected chi connectivity index (χ3v) is 9.51. The second kappa shape index (κ2) is 15.7. The van der Waals surface area contributed by atoms with Crippen molar-refractivity contribution in [3.8, 4) is 11.1 Å². The minimum absolute atomic E-state index is 0.0819. The summed E-state index contributed by atoms with van der Waals surface area (Å²) >= 11 is 0. The van der Waals surface area contributed by atoms with Crippen LogP contribution in [0.5, 0.6) is 0 Å². The van der Waals surface area contributed by atoms with Crippen molar-refractivity contribution in [3.05, 3.63) is 84.2 Å². The number of carbonyl (C=O) groups excluding carboxylic acids is 4. The number of esters is 1. The van der Waals surface area contributed by atoms with Crippen LogP contribution in [0.15, 0.2) is 78.0 Å². The van der Waals surface area contributed by atoms with Gasteiger partial charge in [-0.1, -0.05) is 62.7 Å². The Morgan fingerprint density at radius 2 is 1.70 bits per heavy atom. The molecule has 47 heavy (non-hydrogen) atoms. The summed E-state index contributed by atoms with van der Waals surface area (Å²) < 4.78 is 38.1. The second-order valence-corrected chi connectivity index (χ2v) is 12.9. The molecule has 3 amide bonds. The van der Waals surface area contributed by atoms with Gasteiger partial charge in [-0.3, -0.25) is 14.6 Å². The van der Waals surface area contributed by atoms with Crippen LogP contribution in [0.4, 0.5) is 4.79 Å². The van der Waals surface area contributed by atoms with E-state index in [2.05, 4.69) is 10.3 Å². The number of unbranched alkanes of at least 4 members (excludes halogenated alkanes) is 1. The first-order valence-electron chi connectivity index (χ1n) is 15.6. The highest BCUT2D eigenvalue weighted by Gasteiger charge is 2.52. The molecule has 3 aromatic rings. The molecule has 2 aromatic carbocycles. The molecule has 2 heterocycles. The predicted molar refractivity (Wildman–Crippen MR) is 173 cm³/mol. The number of amides is 3. The zero-order valence-electron chi connectivity index (χ0n) is 26.7. The molecule has 12 nitrogen and oxygen atoms in total. The van der Waals surface area contributed by atoms with Gasteiger partial charge in [-0.25, -0.2) is 22.7 Å². The molecule has 0 radical (unpaired) electrons. The van der Waals surface area contributed by atoms with Crippen molar-refractivity contribution < 1.29 is 37.1 Å². The van der Waals surface area contributed by atoms with Gasteiger partial charge in [0.05, 0.1) is 18.6 Å². The Labute approximate surface area is 274 Å². The number of aromatic nitrogens is 1. The number of hydrogen-bond acceptors (Lipinski definition) is 9. The minimum Gasteiger partial charge on any atom is -0.466 e. The highest BCUT2D eigenvalue weighted by Crippen LogP contribution is 2.32. The number of likely N-dealkylation sites (tertiary alicyclic amines) is 1. The van der Waals surface area contributed by atoms with Gasteiger partial charge in [0.1, 0.15) is 0 Å². The molecule has 0 bridgehead atoms. The Balaban J connectivity index is 1.51. The largest absolute Gasteiger partial charge is 0.466 e. The number of nitrogens with one attached hydrogen (secondary N) is 2. The van der Waals surface area contributed by atoms with E-state index < -0.39 is 45.5 Å². The molecule has 1 fully saturated rings. The van der Waals surface area contributed by atoms with Crippen LogP contribution in [0.1, 0.15) is 61.9 Å². The smallest absolute Gasteiger partial charge is 0.421 e. The van der Waals surface area contributed by atoms with Crippen LogP contribution in [0.3, 0.4) is 0 Å². The number of sulfonamides is 1. The lowest BCUT2D eigenvalue weighted by molar-refractivity contribution is -0.157. The maximum absolute atomic E-state index is 13.7. The Kier molecular flexibility index (Phi) is 11.7. The van der Waals surface area contributed by atoms with Crippen LogP contribution in [0.2, 0.25) is 0 Å². The summed E-state index contributed by atoms with van der Waals surface area (Å²) in [7, 11) is -3.00. The van der Waals surface area contributed by atoms with Crippen LogP contribution in [0.25, 0.3) is 11.1 Å². The van der Waals surface area contributed by atoms with E-state index in [4.69, 9.17) is 9.47 Å². The van der Waals surface area contributed by atoms with Gasteiger partial charge >= 0.3 is 12.1 Å². The van der Waals surface area contributed by atoms with E-state index in [1.165, 1.54) is 30.5 Å². The number of rotatable bonds is 13. The van der Waals surface area contributed by atoms with E-state index in [9.17, 15) is 27.6 Å². The molecule has 13 heteroatoms. The van der Waals surface area contributed by atoms with Gasteiger partial charge in [-0.05, 0) is 55.0 Å². The highest BCUT2D eigenvalue weighted by molar-refractivity contribution is 7.90. The summed E-state index contributed by atoms with van der Waals surface area (Å²) in [6.45, 7) is 4.17. The van der Waals surface area contributed by atoms with E-state index in [1.54, 1.807) is 54.6 Å². The van der Waals surface area contributed by atoms with Crippen molar-refractivity contribution in [1.82, 2.24) is 19.9 Å². The van der Waals surface area contributed by atoms with Gasteiger partial charge in [-0.2, -0.15) is 0 Å². The average Bonchev–Trinajstić information content (AvgIpc) is 3.51. The molecular weight excluding hydrogens is 624 g/mol. The Morgan fingerprint density at radius 1 is 1.00 bits per heavy atom. The third-order valence-electron chi connectivity index (χ3n) is 8.14. The van der Waals surface area contributed by atoms with E-state index in [-0.39, 0.29) is 24.5 Å². The van der Waals surface area contributed by atoms with E-state index in [0.29, 0.717) is 42.4 Å². The molecular formula is C34H40N4O8S. The molecule has 1 aromatic heterocycles. The van der Waals surface area contributed by atoms with Crippen LogP contribution in [0, 0.1) is 5.92 Å². The van der Waals surface area contributed by atoms with Gasteiger partial charge in [0.25, 0.3) is 15.9 Å². The fraction of sp³-hybridized carbons (Fsp3) is 0.382. The number of pyridine rings is 1. The standard InChI is InChI=1S/C34H40N4O8S/c1-4-6-22-46-33(42)37-47(43,44)29-11-8-7-10-28(29)26-14-12-24(13-15-26)23-25(5-2)30(39)36-34(32(41)45-3)18-9-21-38(34)31(40)27-16-19-35-20-17-27/h7-8,10-17,19-20,25H,4-6,9,18,21-23H2,1-3H3,(H,36,39)(H,37,42)/t25-,34-/m0/s1. The van der Waals surface area contributed by atoms with Crippen LogP contribution in [-0.4, -0.2) is 68.1 Å². The van der Waals surface area contributed by atoms with Crippen molar-refractivity contribution in [2.75, 3.05) is 20.3 Å². The maximum atomic E-state index is 13.7. The van der Waals surface area contributed by atoms with Crippen LogP contribution in [-0.2, 0) is 35.5 Å². The number of carbonyl (C=O) groups is 4. The molecule has 2 atom stereocenters. The topological polar surface area (TPSA) is 161 Å². The van der Waals surface area contributed by atoms with Crippen molar-refractivity contribution in [2.24, 2.45) is 5.92 Å². The highest BCUT2D eigenvalue weighted by atomic mass is 32.2. The molecule has 0 aliphatic carbocycles. The molecule has 0 saturated carbocycles. The summed E-state index contributed by atoms with van der Waals surface area (Å²) in [5.41, 5.74) is 0.478. The average molecular weight is 665 g/mol. The van der Waals surface area contributed by atoms with E-state index >= 15 is 0 Å². The Bertz CT molecular complexity index is 1680. The summed E-state index contributed by atoms with van der Waals surface area (Å²) in [4.78, 5) is 57.6. The van der Waals surface area contributed by atoms with E-state index in [0.717, 1.165) is 12.0 Å². The zero-order valence-corrected chi connectivity index (χ0v) is 27.5. The molecule has 0 spiro atoms. The van der Waals surface area contributed by atoms with Gasteiger partial charge in [0, 0.05) is 42.4 Å². The van der Waals surface area contributed by atoms with E-state index in [1.807, 2.05) is 18.6 Å².